The molecule has 0 spiro atoms. The van der Waals surface area contributed by atoms with Crippen molar-refractivity contribution >= 4 is 23.0 Å². The smallest absolute Gasteiger partial charge is 0.308 e. The average Bonchev–Trinajstić information content (AvgIpc) is 2.86. The number of nitrogens with one attached hydrogen (secondary N) is 1. The third-order valence-corrected chi connectivity index (χ3v) is 3.97. The Hall–Kier alpha value is -2.44. The van der Waals surface area contributed by atoms with Crippen molar-refractivity contribution in [3.63, 3.8) is 0 Å². The third kappa shape index (κ3) is 3.33. The SMILES string of the molecule is Cc1noc2nc(C(C)C)cc(C(=O)NC(C)C(C)C(=O)O)c12. The van der Waals surface area contributed by atoms with Gasteiger partial charge in [-0.2, -0.15) is 0 Å². The number of carboxylic acid groups (broad SMARTS) is 1. The molecule has 0 aliphatic carbocycles. The lowest BCUT2D eigenvalue weighted by Gasteiger charge is -2.18. The number of carbonyl (C=O) groups excluding carboxylic acids is 1. The summed E-state index contributed by atoms with van der Waals surface area (Å²) in [6.07, 6.45) is 0. The summed E-state index contributed by atoms with van der Waals surface area (Å²) >= 11 is 0. The average molecular weight is 319 g/mol. The van der Waals surface area contributed by atoms with Crippen molar-refractivity contribution in [3.8, 4) is 0 Å². The van der Waals surface area contributed by atoms with Crippen molar-refractivity contribution in [2.75, 3.05) is 0 Å². The lowest BCUT2D eigenvalue weighted by Crippen LogP contribution is -2.40. The molecule has 0 aliphatic heterocycles. The van der Waals surface area contributed by atoms with Crippen LogP contribution >= 0.6 is 0 Å². The first-order valence-electron chi connectivity index (χ1n) is 7.53. The quantitative estimate of drug-likeness (QED) is 0.877. The van der Waals surface area contributed by atoms with Crippen molar-refractivity contribution in [2.24, 2.45) is 5.92 Å². The molecule has 2 aromatic rings. The van der Waals surface area contributed by atoms with Gasteiger partial charge in [0.2, 0.25) is 0 Å². The first-order chi connectivity index (χ1) is 10.7. The van der Waals surface area contributed by atoms with Gasteiger partial charge in [0.1, 0.15) is 0 Å². The minimum absolute atomic E-state index is 0.117. The van der Waals surface area contributed by atoms with E-state index in [9.17, 15) is 9.59 Å². The van der Waals surface area contributed by atoms with Crippen LogP contribution in [-0.2, 0) is 4.79 Å². The molecule has 2 heterocycles. The van der Waals surface area contributed by atoms with E-state index >= 15 is 0 Å². The summed E-state index contributed by atoms with van der Waals surface area (Å²) in [7, 11) is 0. The summed E-state index contributed by atoms with van der Waals surface area (Å²) in [5.74, 6) is -1.89. The van der Waals surface area contributed by atoms with E-state index in [1.807, 2.05) is 13.8 Å². The molecule has 0 saturated heterocycles. The van der Waals surface area contributed by atoms with E-state index in [4.69, 9.17) is 9.63 Å². The molecular formula is C16H21N3O4. The third-order valence-electron chi connectivity index (χ3n) is 3.97. The van der Waals surface area contributed by atoms with E-state index in [0.29, 0.717) is 22.4 Å². The molecule has 0 radical (unpaired) electrons. The predicted molar refractivity (Wildman–Crippen MR) is 84.4 cm³/mol. The Bertz CT molecular complexity index is 751. The van der Waals surface area contributed by atoms with Gasteiger partial charge in [-0.15, -0.1) is 0 Å². The van der Waals surface area contributed by atoms with Crippen LogP contribution in [0.1, 0.15) is 55.4 Å². The Kier molecular flexibility index (Phi) is 4.68. The van der Waals surface area contributed by atoms with E-state index in [2.05, 4.69) is 15.5 Å². The van der Waals surface area contributed by atoms with Gasteiger partial charge in [0, 0.05) is 11.7 Å². The van der Waals surface area contributed by atoms with Gasteiger partial charge in [-0.1, -0.05) is 19.0 Å². The van der Waals surface area contributed by atoms with Crippen LogP contribution in [0.5, 0.6) is 0 Å². The van der Waals surface area contributed by atoms with Crippen LogP contribution in [0.15, 0.2) is 10.6 Å². The number of aromatic nitrogens is 2. The van der Waals surface area contributed by atoms with E-state index in [1.165, 1.54) is 0 Å². The lowest BCUT2D eigenvalue weighted by molar-refractivity contribution is -0.141. The van der Waals surface area contributed by atoms with Crippen molar-refractivity contribution in [3.05, 3.63) is 23.0 Å². The number of amides is 1. The number of rotatable bonds is 5. The summed E-state index contributed by atoms with van der Waals surface area (Å²) < 4.78 is 5.19. The van der Waals surface area contributed by atoms with Crippen molar-refractivity contribution in [1.82, 2.24) is 15.5 Å². The zero-order valence-corrected chi connectivity index (χ0v) is 13.9. The zero-order chi connectivity index (χ0) is 17.3. The molecule has 0 fully saturated rings. The molecular weight excluding hydrogens is 298 g/mol. The molecule has 7 nitrogen and oxygen atoms in total. The maximum atomic E-state index is 12.6. The number of carbonyl (C=O) groups is 2. The van der Waals surface area contributed by atoms with Crippen LogP contribution in [0.2, 0.25) is 0 Å². The molecule has 2 rings (SSSR count). The number of hydrogen-bond acceptors (Lipinski definition) is 5. The normalized spacial score (nSPS) is 14.0. The van der Waals surface area contributed by atoms with Crippen LogP contribution in [0, 0.1) is 12.8 Å². The number of aryl methyl sites for hydroxylation is 1. The van der Waals surface area contributed by atoms with E-state index in [0.717, 1.165) is 5.69 Å². The number of carboxylic acids is 1. The number of hydrogen-bond donors (Lipinski definition) is 2. The summed E-state index contributed by atoms with van der Waals surface area (Å²) in [4.78, 5) is 28.0. The predicted octanol–water partition coefficient (Wildman–Crippen LogP) is 2.49. The number of nitrogens with zero attached hydrogens (tertiary/aromatic N) is 2. The summed E-state index contributed by atoms with van der Waals surface area (Å²) in [6.45, 7) is 8.89. The minimum Gasteiger partial charge on any atom is -0.481 e. The molecule has 2 unspecified atom stereocenters. The second kappa shape index (κ2) is 6.36. The first-order valence-corrected chi connectivity index (χ1v) is 7.53. The first kappa shape index (κ1) is 16.9. The molecule has 0 aliphatic rings. The molecule has 0 saturated carbocycles. The van der Waals surface area contributed by atoms with Gasteiger partial charge >= 0.3 is 5.97 Å². The maximum absolute atomic E-state index is 12.6. The fraction of sp³-hybridized carbons (Fsp3) is 0.500. The number of pyridine rings is 1. The Labute approximate surface area is 134 Å². The zero-order valence-electron chi connectivity index (χ0n) is 13.9. The van der Waals surface area contributed by atoms with Crippen molar-refractivity contribution < 1.29 is 19.2 Å². The summed E-state index contributed by atoms with van der Waals surface area (Å²) in [6, 6.07) is 1.20. The lowest BCUT2D eigenvalue weighted by atomic mass is 10.0. The standard InChI is InChI=1S/C16H21N3O4/c1-7(2)12-6-11(13-10(5)19-23-15(13)18-12)14(20)17-9(4)8(3)16(21)22/h6-9H,1-5H3,(H,17,20)(H,21,22). The molecule has 2 N–H and O–H groups in total. The van der Waals surface area contributed by atoms with E-state index < -0.39 is 17.9 Å². The highest BCUT2D eigenvalue weighted by atomic mass is 16.5. The Morgan fingerprint density at radius 1 is 1.26 bits per heavy atom. The van der Waals surface area contributed by atoms with Gasteiger partial charge < -0.3 is 14.9 Å². The monoisotopic (exact) mass is 319 g/mol. The van der Waals surface area contributed by atoms with Crippen LogP contribution in [0.3, 0.4) is 0 Å². The minimum atomic E-state index is -0.957. The summed E-state index contributed by atoms with van der Waals surface area (Å²) in [5, 5.41) is 16.2. The largest absolute Gasteiger partial charge is 0.481 e. The topological polar surface area (TPSA) is 105 Å². The molecule has 2 aromatic heterocycles. The van der Waals surface area contributed by atoms with Gasteiger partial charge in [-0.05, 0) is 32.8 Å². The molecule has 2 atom stereocenters. The van der Waals surface area contributed by atoms with Gasteiger partial charge in [0.05, 0.1) is 22.6 Å². The fourth-order valence-corrected chi connectivity index (χ4v) is 2.21. The molecule has 23 heavy (non-hydrogen) atoms. The van der Waals surface area contributed by atoms with Crippen molar-refractivity contribution in [2.45, 2.75) is 46.6 Å². The van der Waals surface area contributed by atoms with Crippen molar-refractivity contribution in [1.29, 1.82) is 0 Å². The van der Waals surface area contributed by atoms with Crippen LogP contribution in [-0.4, -0.2) is 33.2 Å². The highest BCUT2D eigenvalue weighted by Crippen LogP contribution is 2.25. The van der Waals surface area contributed by atoms with Gasteiger partial charge in [-0.25, -0.2) is 4.98 Å². The molecule has 0 aromatic carbocycles. The second-order valence-corrected chi connectivity index (χ2v) is 6.09. The fourth-order valence-electron chi connectivity index (χ4n) is 2.21. The Morgan fingerprint density at radius 2 is 1.91 bits per heavy atom. The molecule has 7 heteroatoms. The molecule has 0 bridgehead atoms. The van der Waals surface area contributed by atoms with Gasteiger partial charge in [0.15, 0.2) is 0 Å². The number of fused-ring (bicyclic) bond motifs is 1. The molecule has 124 valence electrons. The van der Waals surface area contributed by atoms with Crippen LogP contribution < -0.4 is 5.32 Å². The van der Waals surface area contributed by atoms with Crippen LogP contribution in [0.4, 0.5) is 0 Å². The Morgan fingerprint density at radius 3 is 2.48 bits per heavy atom. The second-order valence-electron chi connectivity index (χ2n) is 6.09. The van der Waals surface area contributed by atoms with E-state index in [-0.39, 0.29) is 11.8 Å². The maximum Gasteiger partial charge on any atom is 0.308 e. The van der Waals surface area contributed by atoms with Gasteiger partial charge in [0.25, 0.3) is 11.6 Å². The summed E-state index contributed by atoms with van der Waals surface area (Å²) in [5.41, 5.74) is 2.02. The highest BCUT2D eigenvalue weighted by molar-refractivity contribution is 6.06. The van der Waals surface area contributed by atoms with Crippen LogP contribution in [0.25, 0.3) is 11.1 Å². The van der Waals surface area contributed by atoms with E-state index in [1.54, 1.807) is 26.8 Å². The number of aliphatic carboxylic acids is 1. The molecule has 1 amide bonds. The Balaban J connectivity index is 2.43. The highest BCUT2D eigenvalue weighted by Gasteiger charge is 2.24. The van der Waals surface area contributed by atoms with Gasteiger partial charge in [-0.3, -0.25) is 9.59 Å².